The highest BCUT2D eigenvalue weighted by Gasteiger charge is 2.45. The topological polar surface area (TPSA) is 109 Å². The minimum atomic E-state index is -3.27. The van der Waals surface area contributed by atoms with Gasteiger partial charge in [0.25, 0.3) is 12.0 Å². The Morgan fingerprint density at radius 2 is 1.83 bits per heavy atom. The lowest BCUT2D eigenvalue weighted by molar-refractivity contribution is -0.161. The minimum absolute atomic E-state index is 0.0425. The SMILES string of the molecule is CC(O)(C(F)F)[C@H](CC(=O)CCc1ccc(-n2ccccc2=O)cc1)C(=O)NO. The number of aryl methyl sites for hydroxylation is 1. The van der Waals surface area contributed by atoms with Crippen molar-refractivity contribution in [1.29, 1.82) is 0 Å². The van der Waals surface area contributed by atoms with Crippen molar-refractivity contribution in [2.45, 2.75) is 38.2 Å². The summed E-state index contributed by atoms with van der Waals surface area (Å²) in [5.41, 5.74) is -0.299. The van der Waals surface area contributed by atoms with Crippen LogP contribution < -0.4 is 11.0 Å². The summed E-state index contributed by atoms with van der Waals surface area (Å²) < 4.78 is 27.5. The van der Waals surface area contributed by atoms with E-state index in [1.165, 1.54) is 16.1 Å². The van der Waals surface area contributed by atoms with Gasteiger partial charge in [0.2, 0.25) is 5.91 Å². The number of nitrogens with one attached hydrogen (secondary N) is 1. The molecule has 7 nitrogen and oxygen atoms in total. The van der Waals surface area contributed by atoms with Crippen molar-refractivity contribution in [2.75, 3.05) is 0 Å². The van der Waals surface area contributed by atoms with Crippen LogP contribution in [0, 0.1) is 5.92 Å². The number of rotatable bonds is 9. The standard InChI is InChI=1S/C20H22F2N2O5/c1-20(28,19(21)22)16(18(27)23-29)12-15(25)10-7-13-5-8-14(9-6-13)24-11-3-2-4-17(24)26/h2-6,8-9,11,16,19,28-29H,7,10,12H2,1H3,(H,23,27)/t16-,20?/m1/s1. The number of amides is 1. The molecule has 1 aromatic carbocycles. The van der Waals surface area contributed by atoms with Crippen molar-refractivity contribution in [3.8, 4) is 5.69 Å². The van der Waals surface area contributed by atoms with Gasteiger partial charge in [-0.15, -0.1) is 0 Å². The molecule has 3 N–H and O–H groups in total. The Kier molecular flexibility index (Phi) is 7.35. The predicted molar refractivity (Wildman–Crippen MR) is 100 cm³/mol. The van der Waals surface area contributed by atoms with Gasteiger partial charge in [-0.2, -0.15) is 0 Å². The van der Waals surface area contributed by atoms with E-state index in [-0.39, 0.29) is 18.4 Å². The summed E-state index contributed by atoms with van der Waals surface area (Å²) in [5, 5.41) is 18.6. The normalized spacial score (nSPS) is 14.3. The lowest BCUT2D eigenvalue weighted by atomic mass is 9.84. The summed E-state index contributed by atoms with van der Waals surface area (Å²) in [6.45, 7) is 0.745. The molecule has 29 heavy (non-hydrogen) atoms. The lowest BCUT2D eigenvalue weighted by Crippen LogP contribution is -2.49. The van der Waals surface area contributed by atoms with Crippen molar-refractivity contribution in [2.24, 2.45) is 5.92 Å². The van der Waals surface area contributed by atoms with E-state index in [9.17, 15) is 28.3 Å². The van der Waals surface area contributed by atoms with Gasteiger partial charge >= 0.3 is 0 Å². The van der Waals surface area contributed by atoms with Crippen LogP contribution >= 0.6 is 0 Å². The summed E-state index contributed by atoms with van der Waals surface area (Å²) in [4.78, 5) is 35.6. The summed E-state index contributed by atoms with van der Waals surface area (Å²) in [6, 6.07) is 11.7. The first-order valence-electron chi connectivity index (χ1n) is 8.90. The van der Waals surface area contributed by atoms with Crippen LogP contribution in [-0.4, -0.2) is 38.6 Å². The number of carbonyl (C=O) groups is 2. The molecule has 0 bridgehead atoms. The quantitative estimate of drug-likeness (QED) is 0.434. The number of aliphatic hydroxyl groups is 1. The van der Waals surface area contributed by atoms with E-state index in [1.54, 1.807) is 42.6 Å². The number of nitrogens with zero attached hydrogens (tertiary/aromatic N) is 1. The maximum atomic E-state index is 13.0. The molecule has 0 aliphatic rings. The summed E-state index contributed by atoms with van der Waals surface area (Å²) in [5.74, 6) is -3.54. The molecule has 0 saturated carbocycles. The molecule has 156 valence electrons. The number of ketones is 1. The zero-order valence-electron chi connectivity index (χ0n) is 15.7. The second-order valence-electron chi connectivity index (χ2n) is 6.87. The molecule has 0 aliphatic heterocycles. The fraction of sp³-hybridized carbons (Fsp3) is 0.350. The van der Waals surface area contributed by atoms with Gasteiger partial charge in [0.15, 0.2) is 0 Å². The second-order valence-corrected chi connectivity index (χ2v) is 6.87. The number of hydroxylamine groups is 1. The Morgan fingerprint density at radius 3 is 2.38 bits per heavy atom. The molecule has 0 aliphatic carbocycles. The molecule has 0 saturated heterocycles. The van der Waals surface area contributed by atoms with Crippen LogP contribution in [0.25, 0.3) is 5.69 Å². The molecular formula is C20H22F2N2O5. The molecule has 1 heterocycles. The summed E-state index contributed by atoms with van der Waals surface area (Å²) in [6.07, 6.45) is -2.04. The van der Waals surface area contributed by atoms with Crippen LogP contribution in [0.2, 0.25) is 0 Å². The maximum Gasteiger partial charge on any atom is 0.267 e. The molecule has 2 aromatic rings. The van der Waals surface area contributed by atoms with E-state index in [1.807, 2.05) is 0 Å². The lowest BCUT2D eigenvalue weighted by Gasteiger charge is -2.30. The van der Waals surface area contributed by atoms with Crippen molar-refractivity contribution >= 4 is 11.7 Å². The van der Waals surface area contributed by atoms with Gasteiger partial charge in [0.1, 0.15) is 11.4 Å². The third-order valence-electron chi connectivity index (χ3n) is 4.74. The van der Waals surface area contributed by atoms with E-state index in [4.69, 9.17) is 5.21 Å². The Bertz CT molecular complexity index is 910. The first-order chi connectivity index (χ1) is 13.7. The zero-order valence-corrected chi connectivity index (χ0v) is 15.7. The highest BCUT2D eigenvalue weighted by atomic mass is 19.3. The van der Waals surface area contributed by atoms with E-state index >= 15 is 0 Å². The fourth-order valence-corrected chi connectivity index (χ4v) is 2.87. The van der Waals surface area contributed by atoms with Crippen LogP contribution in [0.1, 0.15) is 25.3 Å². The molecule has 0 fully saturated rings. The molecule has 0 radical (unpaired) electrons. The number of alkyl halides is 2. The predicted octanol–water partition coefficient (Wildman–Crippen LogP) is 1.87. The van der Waals surface area contributed by atoms with Crippen molar-refractivity contribution in [3.05, 3.63) is 64.6 Å². The van der Waals surface area contributed by atoms with Crippen LogP contribution in [0.5, 0.6) is 0 Å². The molecule has 1 unspecified atom stereocenters. The average Bonchev–Trinajstić information content (AvgIpc) is 2.70. The smallest absolute Gasteiger partial charge is 0.267 e. The van der Waals surface area contributed by atoms with E-state index in [0.717, 1.165) is 12.5 Å². The van der Waals surface area contributed by atoms with E-state index in [2.05, 4.69) is 0 Å². The maximum absolute atomic E-state index is 13.0. The number of hydrogen-bond donors (Lipinski definition) is 3. The van der Waals surface area contributed by atoms with Crippen LogP contribution in [0.3, 0.4) is 0 Å². The molecule has 1 amide bonds. The number of Topliss-reactive ketones (excluding diaryl/α,β-unsaturated/α-hetero) is 1. The Labute approximate surface area is 165 Å². The summed E-state index contributed by atoms with van der Waals surface area (Å²) in [7, 11) is 0. The van der Waals surface area contributed by atoms with Crippen LogP contribution in [0.15, 0.2) is 53.5 Å². The number of halogens is 2. The van der Waals surface area contributed by atoms with Crippen molar-refractivity contribution in [3.63, 3.8) is 0 Å². The Balaban J connectivity index is 2.01. The van der Waals surface area contributed by atoms with Crippen molar-refractivity contribution < 1.29 is 28.7 Å². The first-order valence-corrected chi connectivity index (χ1v) is 8.90. The van der Waals surface area contributed by atoms with Gasteiger partial charge in [-0.05, 0) is 37.1 Å². The van der Waals surface area contributed by atoms with Gasteiger partial charge in [0.05, 0.1) is 5.92 Å². The Hall–Kier alpha value is -2.91. The number of carbonyl (C=O) groups excluding carboxylic acids is 2. The molecule has 2 atom stereocenters. The molecule has 0 spiro atoms. The van der Waals surface area contributed by atoms with E-state index < -0.39 is 36.1 Å². The third-order valence-corrected chi connectivity index (χ3v) is 4.74. The number of pyridine rings is 1. The highest BCUT2D eigenvalue weighted by Crippen LogP contribution is 2.28. The van der Waals surface area contributed by atoms with Gasteiger partial charge in [-0.3, -0.25) is 24.2 Å². The molecule has 1 aromatic heterocycles. The monoisotopic (exact) mass is 408 g/mol. The first kappa shape index (κ1) is 22.4. The second kappa shape index (κ2) is 9.53. The number of benzene rings is 1. The third kappa shape index (κ3) is 5.55. The fourth-order valence-electron chi connectivity index (χ4n) is 2.87. The van der Waals surface area contributed by atoms with Crippen molar-refractivity contribution in [1.82, 2.24) is 10.0 Å². The molecular weight excluding hydrogens is 386 g/mol. The van der Waals surface area contributed by atoms with Gasteiger partial charge < -0.3 is 5.11 Å². The number of hydrogen-bond acceptors (Lipinski definition) is 5. The zero-order chi connectivity index (χ0) is 21.6. The average molecular weight is 408 g/mol. The number of aromatic nitrogens is 1. The van der Waals surface area contributed by atoms with E-state index in [0.29, 0.717) is 5.69 Å². The highest BCUT2D eigenvalue weighted by molar-refractivity contribution is 5.87. The Morgan fingerprint density at radius 1 is 1.17 bits per heavy atom. The van der Waals surface area contributed by atoms with Crippen LogP contribution in [-0.2, 0) is 16.0 Å². The van der Waals surface area contributed by atoms with Crippen LogP contribution in [0.4, 0.5) is 8.78 Å². The van der Waals surface area contributed by atoms with Gasteiger partial charge in [-0.1, -0.05) is 18.2 Å². The van der Waals surface area contributed by atoms with Gasteiger partial charge in [-0.25, -0.2) is 14.3 Å². The summed E-state index contributed by atoms with van der Waals surface area (Å²) >= 11 is 0. The molecule has 2 rings (SSSR count). The minimum Gasteiger partial charge on any atom is -0.383 e. The van der Waals surface area contributed by atoms with Gasteiger partial charge in [0, 0.05) is 30.8 Å². The molecule has 9 heteroatoms. The largest absolute Gasteiger partial charge is 0.383 e.